The minimum absolute atomic E-state index is 0.0451. The number of benzene rings is 1. The molecule has 2 N–H and O–H groups in total. The Kier molecular flexibility index (Phi) is 5.89. The van der Waals surface area contributed by atoms with Gasteiger partial charge in [-0.25, -0.2) is 4.79 Å². The van der Waals surface area contributed by atoms with Gasteiger partial charge in [-0.05, 0) is 25.0 Å². The van der Waals surface area contributed by atoms with Crippen LogP contribution in [0.4, 0.5) is 5.82 Å². The van der Waals surface area contributed by atoms with Crippen molar-refractivity contribution in [1.82, 2.24) is 9.13 Å². The number of hydrogen-bond acceptors (Lipinski definition) is 5. The van der Waals surface area contributed by atoms with Crippen LogP contribution in [0.25, 0.3) is 0 Å². The summed E-state index contributed by atoms with van der Waals surface area (Å²) in [4.78, 5) is 38.2. The lowest BCUT2D eigenvalue weighted by Gasteiger charge is -2.16. The van der Waals surface area contributed by atoms with Gasteiger partial charge in [-0.2, -0.15) is 0 Å². The summed E-state index contributed by atoms with van der Waals surface area (Å²) in [5.41, 5.74) is 5.89. The molecule has 134 valence electrons. The molecule has 0 aliphatic carbocycles. The predicted molar refractivity (Wildman–Crippen MR) is 101 cm³/mol. The number of hydrogen-bond donors (Lipinski definition) is 1. The smallest absolute Gasteiger partial charge is 0.332 e. The first-order valence-electron chi connectivity index (χ1n) is 8.04. The van der Waals surface area contributed by atoms with Crippen LogP contribution >= 0.6 is 11.8 Å². The number of anilines is 1. The molecule has 0 aliphatic rings. The summed E-state index contributed by atoms with van der Waals surface area (Å²) in [6, 6.07) is 7.77. The zero-order valence-corrected chi connectivity index (χ0v) is 15.7. The molecule has 25 heavy (non-hydrogen) atoms. The van der Waals surface area contributed by atoms with Gasteiger partial charge in [-0.1, -0.05) is 31.5 Å². The van der Waals surface area contributed by atoms with Crippen molar-refractivity contribution in [3.05, 3.63) is 56.2 Å². The Hall–Kier alpha value is -2.28. The fourth-order valence-corrected chi connectivity index (χ4v) is 3.21. The van der Waals surface area contributed by atoms with Crippen LogP contribution in [0.3, 0.4) is 0 Å². The van der Waals surface area contributed by atoms with Crippen molar-refractivity contribution in [3.63, 3.8) is 0 Å². The van der Waals surface area contributed by atoms with Crippen molar-refractivity contribution >= 4 is 23.4 Å². The van der Waals surface area contributed by atoms with E-state index < -0.39 is 11.2 Å². The Bertz CT molecular complexity index is 896. The third kappa shape index (κ3) is 4.22. The molecule has 0 atom stereocenters. The summed E-state index contributed by atoms with van der Waals surface area (Å²) in [6.07, 6.45) is 0. The van der Waals surface area contributed by atoms with E-state index in [9.17, 15) is 14.4 Å². The lowest BCUT2D eigenvalue weighted by molar-refractivity contribution is 0.102. The average Bonchev–Trinajstić information content (AvgIpc) is 2.56. The van der Waals surface area contributed by atoms with Crippen LogP contribution in [0.1, 0.15) is 29.8 Å². The highest BCUT2D eigenvalue weighted by molar-refractivity contribution is 8.00. The molecule has 6 nitrogen and oxygen atoms in total. The highest BCUT2D eigenvalue weighted by Gasteiger charge is 2.21. The number of aromatic nitrogens is 2. The zero-order chi connectivity index (χ0) is 18.7. The molecule has 0 fully saturated rings. The summed E-state index contributed by atoms with van der Waals surface area (Å²) in [5, 5.41) is 0. The predicted octanol–water partition coefficient (Wildman–Crippen LogP) is 2.07. The molecule has 2 rings (SSSR count). The minimum Gasteiger partial charge on any atom is -0.384 e. The summed E-state index contributed by atoms with van der Waals surface area (Å²) >= 11 is 1.34. The topological polar surface area (TPSA) is 87.1 Å². The fourth-order valence-electron chi connectivity index (χ4n) is 2.44. The molecule has 1 aromatic carbocycles. The van der Waals surface area contributed by atoms with Gasteiger partial charge >= 0.3 is 5.69 Å². The largest absolute Gasteiger partial charge is 0.384 e. The molecule has 1 heterocycles. The minimum atomic E-state index is -0.642. The van der Waals surface area contributed by atoms with Gasteiger partial charge in [0, 0.05) is 18.5 Å². The Morgan fingerprint density at radius 1 is 1.20 bits per heavy atom. The number of nitrogens with two attached hydrogens (primary N) is 1. The van der Waals surface area contributed by atoms with Crippen molar-refractivity contribution in [2.45, 2.75) is 32.2 Å². The number of nitrogens with zero attached hydrogens (tertiary/aromatic N) is 2. The van der Waals surface area contributed by atoms with Crippen LogP contribution < -0.4 is 17.0 Å². The van der Waals surface area contributed by atoms with E-state index in [0.29, 0.717) is 6.54 Å². The lowest BCUT2D eigenvalue weighted by atomic mass is 10.2. The summed E-state index contributed by atoms with van der Waals surface area (Å²) in [5.74, 6) is -0.178. The number of rotatable bonds is 6. The van der Waals surface area contributed by atoms with E-state index in [1.54, 1.807) is 0 Å². The van der Waals surface area contributed by atoms with Crippen molar-refractivity contribution in [2.75, 3.05) is 11.5 Å². The van der Waals surface area contributed by atoms with Gasteiger partial charge in [0.15, 0.2) is 5.78 Å². The fraction of sp³-hybridized carbons (Fsp3) is 0.389. The van der Waals surface area contributed by atoms with E-state index in [2.05, 4.69) is 0 Å². The highest BCUT2D eigenvalue weighted by atomic mass is 32.2. The number of ketones is 1. The molecule has 1 aromatic heterocycles. The number of carbonyl (C=O) groups is 1. The summed E-state index contributed by atoms with van der Waals surface area (Å²) in [7, 11) is 1.37. The van der Waals surface area contributed by atoms with E-state index in [-0.39, 0.29) is 28.8 Å². The van der Waals surface area contributed by atoms with Crippen molar-refractivity contribution < 1.29 is 4.79 Å². The van der Waals surface area contributed by atoms with Crippen LogP contribution in [-0.4, -0.2) is 20.7 Å². The van der Waals surface area contributed by atoms with Crippen LogP contribution in [0.2, 0.25) is 0 Å². The first kappa shape index (κ1) is 19.1. The molecule has 7 heteroatoms. The maximum absolute atomic E-state index is 12.6. The second kappa shape index (κ2) is 7.74. The molecule has 0 saturated heterocycles. The van der Waals surface area contributed by atoms with Gasteiger partial charge < -0.3 is 5.73 Å². The van der Waals surface area contributed by atoms with E-state index in [0.717, 1.165) is 15.0 Å². The van der Waals surface area contributed by atoms with Gasteiger partial charge in [0.25, 0.3) is 5.56 Å². The second-order valence-electron chi connectivity index (χ2n) is 6.44. The molecule has 0 radical (unpaired) electrons. The van der Waals surface area contributed by atoms with Gasteiger partial charge in [0.1, 0.15) is 11.4 Å². The number of nitrogen functional groups attached to an aromatic ring is 1. The van der Waals surface area contributed by atoms with E-state index in [1.165, 1.54) is 23.4 Å². The molecule has 0 spiro atoms. The maximum Gasteiger partial charge on any atom is 0.332 e. The van der Waals surface area contributed by atoms with Crippen LogP contribution in [-0.2, 0) is 13.6 Å². The Labute approximate surface area is 150 Å². The molecule has 0 unspecified atom stereocenters. The summed E-state index contributed by atoms with van der Waals surface area (Å²) < 4.78 is 2.25. The Morgan fingerprint density at radius 2 is 1.80 bits per heavy atom. The van der Waals surface area contributed by atoms with Gasteiger partial charge in [0.05, 0.1) is 5.75 Å². The van der Waals surface area contributed by atoms with Crippen molar-refractivity contribution in [2.24, 2.45) is 13.0 Å². The number of thioether (sulfide) groups is 1. The van der Waals surface area contributed by atoms with E-state index >= 15 is 0 Å². The lowest BCUT2D eigenvalue weighted by Crippen LogP contribution is -2.43. The van der Waals surface area contributed by atoms with Gasteiger partial charge in [-0.3, -0.25) is 18.7 Å². The third-order valence-corrected chi connectivity index (χ3v) is 4.81. The first-order chi connectivity index (χ1) is 11.7. The summed E-state index contributed by atoms with van der Waals surface area (Å²) in [6.45, 7) is 6.21. The SMILES string of the molecule is Cc1ccc(SCC(=O)c2c(N)n(CC(C)C)c(=O)n(C)c2=O)cc1. The van der Waals surface area contributed by atoms with Gasteiger partial charge in [0.2, 0.25) is 0 Å². The van der Waals surface area contributed by atoms with Gasteiger partial charge in [-0.15, -0.1) is 11.8 Å². The van der Waals surface area contributed by atoms with E-state index in [4.69, 9.17) is 5.73 Å². The Balaban J connectivity index is 2.35. The maximum atomic E-state index is 12.6. The molecular weight excluding hydrogens is 338 g/mol. The Morgan fingerprint density at radius 3 is 2.36 bits per heavy atom. The number of Topliss-reactive ketones (excluding diaryl/α,β-unsaturated/α-hetero) is 1. The van der Waals surface area contributed by atoms with Crippen LogP contribution in [0.15, 0.2) is 38.8 Å². The third-order valence-electron chi connectivity index (χ3n) is 3.80. The molecule has 0 aliphatic heterocycles. The quantitative estimate of drug-likeness (QED) is 0.629. The first-order valence-corrected chi connectivity index (χ1v) is 9.03. The molecule has 2 aromatic rings. The number of aryl methyl sites for hydroxylation is 1. The van der Waals surface area contributed by atoms with Crippen LogP contribution in [0, 0.1) is 12.8 Å². The second-order valence-corrected chi connectivity index (χ2v) is 7.49. The molecule has 0 saturated carbocycles. The van der Waals surface area contributed by atoms with Crippen molar-refractivity contribution in [3.8, 4) is 0 Å². The standard InChI is InChI=1S/C18H23N3O3S/c1-11(2)9-21-16(19)15(17(23)20(4)18(21)24)14(22)10-25-13-7-5-12(3)6-8-13/h5-8,11H,9-10,19H2,1-4H3. The molecule has 0 amide bonds. The van der Waals surface area contributed by atoms with Crippen molar-refractivity contribution in [1.29, 1.82) is 0 Å². The highest BCUT2D eigenvalue weighted by Crippen LogP contribution is 2.20. The molecular formula is C18H23N3O3S. The van der Waals surface area contributed by atoms with E-state index in [1.807, 2.05) is 45.0 Å². The normalized spacial score (nSPS) is 11.1. The molecule has 0 bridgehead atoms. The van der Waals surface area contributed by atoms with Crippen LogP contribution in [0.5, 0.6) is 0 Å². The number of carbonyl (C=O) groups excluding carboxylic acids is 1. The monoisotopic (exact) mass is 361 g/mol. The zero-order valence-electron chi connectivity index (χ0n) is 14.9. The average molecular weight is 361 g/mol.